The molecule has 1 amide bonds. The Hall–Kier alpha value is -0.850. The Morgan fingerprint density at radius 3 is 2.70 bits per heavy atom. The van der Waals surface area contributed by atoms with E-state index in [1.165, 1.54) is 0 Å². The molecule has 1 rings (SSSR count). The topological polar surface area (TPSA) is 71.0 Å². The summed E-state index contributed by atoms with van der Waals surface area (Å²) in [4.78, 5) is 13.7. The van der Waals surface area contributed by atoms with Crippen LogP contribution in [-0.2, 0) is 9.47 Å². The summed E-state index contributed by atoms with van der Waals surface area (Å²) in [6, 6.07) is -0.348. The number of nitrogens with one attached hydrogen (secondary N) is 1. The van der Waals surface area contributed by atoms with Gasteiger partial charge in [0.2, 0.25) is 0 Å². The van der Waals surface area contributed by atoms with Crippen LogP contribution in [0.1, 0.15) is 27.2 Å². The second-order valence-electron chi connectivity index (χ2n) is 6.01. The van der Waals surface area contributed by atoms with Crippen LogP contribution in [0.15, 0.2) is 0 Å². The van der Waals surface area contributed by atoms with E-state index < -0.39 is 12.2 Å². The third-order valence-electron chi connectivity index (χ3n) is 3.26. The highest BCUT2D eigenvalue weighted by Crippen LogP contribution is 2.08. The molecule has 1 saturated heterocycles. The van der Waals surface area contributed by atoms with Crippen LogP contribution < -0.4 is 5.32 Å². The molecule has 20 heavy (non-hydrogen) atoms. The Kier molecular flexibility index (Phi) is 7.26. The molecule has 2 N–H and O–H groups in total. The molecule has 0 aromatic heterocycles. The molecule has 6 heteroatoms. The highest BCUT2D eigenvalue weighted by molar-refractivity contribution is 5.67. The number of likely N-dealkylation sites (N-methyl/N-ethyl adjacent to an activating group) is 1. The number of hydrogen-bond donors (Lipinski definition) is 2. The molecular weight excluding hydrogens is 260 g/mol. The first-order valence-electron chi connectivity index (χ1n) is 7.30. The van der Waals surface area contributed by atoms with Gasteiger partial charge in [-0.15, -0.1) is 0 Å². The number of alkyl carbamates (subject to hydrolysis) is 1. The maximum atomic E-state index is 11.7. The van der Waals surface area contributed by atoms with E-state index in [0.29, 0.717) is 25.7 Å². The third-order valence-corrected chi connectivity index (χ3v) is 3.26. The van der Waals surface area contributed by atoms with E-state index in [9.17, 15) is 9.90 Å². The van der Waals surface area contributed by atoms with Crippen LogP contribution in [-0.4, -0.2) is 67.7 Å². The van der Waals surface area contributed by atoms with Crippen molar-refractivity contribution in [2.75, 3.05) is 33.4 Å². The van der Waals surface area contributed by atoms with E-state index in [2.05, 4.69) is 24.1 Å². The second kappa shape index (κ2) is 8.44. The average molecular weight is 288 g/mol. The predicted molar refractivity (Wildman–Crippen MR) is 76.6 cm³/mol. The molecule has 118 valence electrons. The fourth-order valence-electron chi connectivity index (χ4n) is 2.25. The lowest BCUT2D eigenvalue weighted by atomic mass is 10.1. The van der Waals surface area contributed by atoms with Crippen molar-refractivity contribution in [1.29, 1.82) is 0 Å². The number of rotatable bonds is 7. The number of aliphatic hydroxyl groups excluding tert-OH is 1. The highest BCUT2D eigenvalue weighted by Gasteiger charge is 2.23. The number of nitrogens with zero attached hydrogens (tertiary/aromatic N) is 1. The second-order valence-corrected chi connectivity index (χ2v) is 6.01. The molecule has 0 aromatic rings. The van der Waals surface area contributed by atoms with E-state index in [4.69, 9.17) is 9.47 Å². The molecule has 3 atom stereocenters. The maximum Gasteiger partial charge on any atom is 0.407 e. The van der Waals surface area contributed by atoms with Crippen LogP contribution in [0.4, 0.5) is 4.79 Å². The van der Waals surface area contributed by atoms with Gasteiger partial charge in [-0.2, -0.15) is 0 Å². The monoisotopic (exact) mass is 288 g/mol. The number of amides is 1. The van der Waals surface area contributed by atoms with Crippen molar-refractivity contribution in [3.8, 4) is 0 Å². The van der Waals surface area contributed by atoms with Crippen molar-refractivity contribution in [1.82, 2.24) is 10.2 Å². The summed E-state index contributed by atoms with van der Waals surface area (Å²) in [5, 5.41) is 12.7. The standard InChI is InChI=1S/C14H28N2O4/c1-10(2)7-16(4)8-13(17)11(3)15-14(18)20-12-5-6-19-9-12/h10-13,17H,5-9H2,1-4H3,(H,15,18). The molecule has 0 aliphatic carbocycles. The van der Waals surface area contributed by atoms with Gasteiger partial charge in [-0.25, -0.2) is 4.79 Å². The number of hydrogen-bond acceptors (Lipinski definition) is 5. The predicted octanol–water partition coefficient (Wildman–Crippen LogP) is 0.839. The zero-order valence-corrected chi connectivity index (χ0v) is 13.0. The third kappa shape index (κ3) is 6.54. The van der Waals surface area contributed by atoms with Crippen LogP contribution in [0, 0.1) is 5.92 Å². The fraction of sp³-hybridized carbons (Fsp3) is 0.929. The van der Waals surface area contributed by atoms with Crippen molar-refractivity contribution < 1.29 is 19.4 Å². The molecule has 0 saturated carbocycles. The fourth-order valence-corrected chi connectivity index (χ4v) is 2.25. The molecule has 1 aliphatic rings. The normalized spacial score (nSPS) is 22.1. The van der Waals surface area contributed by atoms with Gasteiger partial charge in [0.1, 0.15) is 6.10 Å². The molecule has 1 aliphatic heterocycles. The SMILES string of the molecule is CC(C)CN(C)CC(O)C(C)NC(=O)OC1CCOC1. The van der Waals surface area contributed by atoms with Crippen molar-refractivity contribution >= 4 is 6.09 Å². The summed E-state index contributed by atoms with van der Waals surface area (Å²) in [6.07, 6.45) is -0.533. The first-order valence-corrected chi connectivity index (χ1v) is 7.30. The summed E-state index contributed by atoms with van der Waals surface area (Å²) in [5.74, 6) is 0.544. The Balaban J connectivity index is 2.25. The lowest BCUT2D eigenvalue weighted by Crippen LogP contribution is -2.47. The summed E-state index contributed by atoms with van der Waals surface area (Å²) < 4.78 is 10.3. The van der Waals surface area contributed by atoms with Gasteiger partial charge in [-0.3, -0.25) is 0 Å². The van der Waals surface area contributed by atoms with Crippen LogP contribution in [0.2, 0.25) is 0 Å². The smallest absolute Gasteiger partial charge is 0.407 e. The molecule has 6 nitrogen and oxygen atoms in total. The Bertz CT molecular complexity index is 293. The summed E-state index contributed by atoms with van der Waals surface area (Å²) in [7, 11) is 1.96. The van der Waals surface area contributed by atoms with E-state index in [0.717, 1.165) is 13.0 Å². The quantitative estimate of drug-likeness (QED) is 0.726. The largest absolute Gasteiger partial charge is 0.444 e. The van der Waals surface area contributed by atoms with Crippen molar-refractivity contribution in [3.63, 3.8) is 0 Å². The summed E-state index contributed by atoms with van der Waals surface area (Å²) >= 11 is 0. The van der Waals surface area contributed by atoms with E-state index in [1.807, 2.05) is 7.05 Å². The minimum absolute atomic E-state index is 0.164. The number of ether oxygens (including phenoxy) is 2. The first kappa shape index (κ1) is 17.2. The molecule has 1 heterocycles. The van der Waals surface area contributed by atoms with E-state index >= 15 is 0 Å². The number of carbonyl (C=O) groups excluding carboxylic acids is 1. The lowest BCUT2D eigenvalue weighted by Gasteiger charge is -2.26. The van der Waals surface area contributed by atoms with E-state index in [-0.39, 0.29) is 12.1 Å². The highest BCUT2D eigenvalue weighted by atomic mass is 16.6. The van der Waals surface area contributed by atoms with Gasteiger partial charge < -0.3 is 24.8 Å². The van der Waals surface area contributed by atoms with E-state index in [1.54, 1.807) is 6.92 Å². The minimum Gasteiger partial charge on any atom is -0.444 e. The molecule has 0 aromatic carbocycles. The van der Waals surface area contributed by atoms with Crippen LogP contribution in [0.5, 0.6) is 0 Å². The Morgan fingerprint density at radius 1 is 1.45 bits per heavy atom. The zero-order valence-electron chi connectivity index (χ0n) is 13.0. The van der Waals surface area contributed by atoms with Gasteiger partial charge >= 0.3 is 6.09 Å². The molecule has 0 spiro atoms. The molecule has 0 bridgehead atoms. The lowest BCUT2D eigenvalue weighted by molar-refractivity contribution is 0.0623. The van der Waals surface area contributed by atoms with Crippen LogP contribution in [0.3, 0.4) is 0 Å². The summed E-state index contributed by atoms with van der Waals surface area (Å²) in [5.41, 5.74) is 0. The van der Waals surface area contributed by atoms with Gasteiger partial charge in [0, 0.05) is 19.5 Å². The van der Waals surface area contributed by atoms with Crippen molar-refractivity contribution in [2.24, 2.45) is 5.92 Å². The average Bonchev–Trinajstić information content (AvgIpc) is 2.79. The summed E-state index contributed by atoms with van der Waals surface area (Å²) in [6.45, 7) is 8.56. The van der Waals surface area contributed by atoms with Crippen LogP contribution in [0.25, 0.3) is 0 Å². The van der Waals surface area contributed by atoms with Crippen molar-refractivity contribution in [3.05, 3.63) is 0 Å². The van der Waals surface area contributed by atoms with Crippen LogP contribution >= 0.6 is 0 Å². The zero-order chi connectivity index (χ0) is 15.1. The number of aliphatic hydroxyl groups is 1. The van der Waals surface area contributed by atoms with Crippen molar-refractivity contribution in [2.45, 2.75) is 45.4 Å². The Labute approximate surface area is 121 Å². The Morgan fingerprint density at radius 2 is 2.15 bits per heavy atom. The number of carbonyl (C=O) groups is 1. The minimum atomic E-state index is -0.619. The molecule has 3 unspecified atom stereocenters. The van der Waals surface area contributed by atoms with Gasteiger partial charge in [-0.05, 0) is 19.9 Å². The first-order chi connectivity index (χ1) is 9.38. The van der Waals surface area contributed by atoms with Gasteiger partial charge in [0.15, 0.2) is 0 Å². The molecular formula is C14H28N2O4. The van der Waals surface area contributed by atoms with Gasteiger partial charge in [0.05, 0.1) is 25.4 Å². The molecule has 1 fully saturated rings. The molecule has 0 radical (unpaired) electrons. The maximum absolute atomic E-state index is 11.7. The van der Waals surface area contributed by atoms with Gasteiger partial charge in [-0.1, -0.05) is 13.8 Å². The van der Waals surface area contributed by atoms with Gasteiger partial charge in [0.25, 0.3) is 0 Å².